The summed E-state index contributed by atoms with van der Waals surface area (Å²) in [6, 6.07) is 1.42. The molecular formula is C17H35N3O. The summed E-state index contributed by atoms with van der Waals surface area (Å²) in [5.41, 5.74) is -0.0329. The first-order valence-electron chi connectivity index (χ1n) is 8.86. The maximum absolute atomic E-state index is 9.81. The van der Waals surface area contributed by atoms with Crippen LogP contribution in [0, 0.1) is 0 Å². The van der Waals surface area contributed by atoms with Gasteiger partial charge in [0.05, 0.1) is 6.61 Å². The summed E-state index contributed by atoms with van der Waals surface area (Å²) in [7, 11) is 4.49. The molecule has 0 aromatic heterocycles. The van der Waals surface area contributed by atoms with Gasteiger partial charge in [0.1, 0.15) is 0 Å². The smallest absolute Gasteiger partial charge is 0.0613 e. The molecule has 2 aliphatic rings. The fraction of sp³-hybridized carbons (Fsp3) is 1.00. The van der Waals surface area contributed by atoms with Crippen LogP contribution in [-0.4, -0.2) is 72.9 Å². The highest BCUT2D eigenvalue weighted by molar-refractivity contribution is 4.94. The average Bonchev–Trinajstić information content (AvgIpc) is 3.30. The van der Waals surface area contributed by atoms with E-state index >= 15 is 0 Å². The minimum atomic E-state index is -0.0329. The summed E-state index contributed by atoms with van der Waals surface area (Å²) in [6.45, 7) is 6.09. The Hall–Kier alpha value is -0.160. The van der Waals surface area contributed by atoms with Crippen molar-refractivity contribution in [1.29, 1.82) is 0 Å². The Kier molecular flexibility index (Phi) is 6.48. The lowest BCUT2D eigenvalue weighted by Gasteiger charge is -2.37. The molecule has 1 heterocycles. The van der Waals surface area contributed by atoms with Crippen molar-refractivity contribution in [1.82, 2.24) is 15.1 Å². The van der Waals surface area contributed by atoms with Crippen LogP contribution in [0.25, 0.3) is 0 Å². The van der Waals surface area contributed by atoms with Crippen LogP contribution in [0.3, 0.4) is 0 Å². The lowest BCUT2D eigenvalue weighted by Crippen LogP contribution is -2.50. The Morgan fingerprint density at radius 2 is 1.90 bits per heavy atom. The minimum Gasteiger partial charge on any atom is -0.394 e. The van der Waals surface area contributed by atoms with E-state index in [1.54, 1.807) is 0 Å². The van der Waals surface area contributed by atoms with E-state index in [1.807, 2.05) is 0 Å². The zero-order chi connectivity index (χ0) is 15.3. The Labute approximate surface area is 130 Å². The molecule has 2 fully saturated rings. The van der Waals surface area contributed by atoms with Crippen LogP contribution in [0.1, 0.15) is 51.9 Å². The summed E-state index contributed by atoms with van der Waals surface area (Å²) < 4.78 is 0. The maximum atomic E-state index is 9.81. The molecule has 1 aliphatic carbocycles. The second-order valence-corrected chi connectivity index (χ2v) is 7.33. The predicted molar refractivity (Wildman–Crippen MR) is 88.6 cm³/mol. The molecule has 2 N–H and O–H groups in total. The number of hydrogen-bond acceptors (Lipinski definition) is 4. The van der Waals surface area contributed by atoms with Gasteiger partial charge in [0.2, 0.25) is 0 Å². The van der Waals surface area contributed by atoms with Crippen LogP contribution in [0.15, 0.2) is 0 Å². The third-order valence-corrected chi connectivity index (χ3v) is 5.54. The first kappa shape index (κ1) is 17.2. The van der Waals surface area contributed by atoms with Gasteiger partial charge in [-0.1, -0.05) is 6.92 Å². The maximum Gasteiger partial charge on any atom is 0.0613 e. The Bertz CT molecular complexity index is 294. The van der Waals surface area contributed by atoms with Gasteiger partial charge in [0, 0.05) is 17.6 Å². The number of aliphatic hydroxyl groups excluding tert-OH is 1. The SMILES string of the molecule is CCC(CO)(CCCN(C)C1CCN(C)CC1)NC1CC1. The topological polar surface area (TPSA) is 38.7 Å². The standard InChI is InChI=1S/C17H35N3O/c1-4-17(14-21,18-15-6-7-15)10-5-11-20(3)16-8-12-19(2)13-9-16/h15-16,18,21H,4-14H2,1-3H3. The second-order valence-electron chi connectivity index (χ2n) is 7.33. The molecule has 0 aromatic carbocycles. The fourth-order valence-electron chi connectivity index (χ4n) is 3.53. The summed E-state index contributed by atoms with van der Waals surface area (Å²) in [6.07, 6.45) is 8.47. The van der Waals surface area contributed by atoms with Gasteiger partial charge in [0.25, 0.3) is 0 Å². The van der Waals surface area contributed by atoms with Gasteiger partial charge in [-0.3, -0.25) is 0 Å². The number of piperidine rings is 1. The van der Waals surface area contributed by atoms with Gasteiger partial charge >= 0.3 is 0 Å². The average molecular weight is 297 g/mol. The third kappa shape index (κ3) is 5.20. The monoisotopic (exact) mass is 297 g/mol. The van der Waals surface area contributed by atoms with Crippen molar-refractivity contribution in [2.24, 2.45) is 0 Å². The van der Waals surface area contributed by atoms with Crippen LogP contribution in [0.2, 0.25) is 0 Å². The van der Waals surface area contributed by atoms with Gasteiger partial charge in [0.15, 0.2) is 0 Å². The zero-order valence-corrected chi connectivity index (χ0v) is 14.3. The van der Waals surface area contributed by atoms with E-state index in [2.05, 4.69) is 36.1 Å². The first-order valence-corrected chi connectivity index (χ1v) is 8.86. The van der Waals surface area contributed by atoms with E-state index in [0.717, 1.165) is 25.4 Å². The highest BCUT2D eigenvalue weighted by Crippen LogP contribution is 2.27. The zero-order valence-electron chi connectivity index (χ0n) is 14.3. The molecule has 4 heteroatoms. The molecule has 21 heavy (non-hydrogen) atoms. The summed E-state index contributed by atoms with van der Waals surface area (Å²) in [4.78, 5) is 4.97. The van der Waals surface area contributed by atoms with Crippen LogP contribution in [0.5, 0.6) is 0 Å². The number of nitrogens with zero attached hydrogens (tertiary/aromatic N) is 2. The molecule has 2 rings (SSSR count). The van der Waals surface area contributed by atoms with Crippen molar-refractivity contribution in [3.63, 3.8) is 0 Å². The molecule has 0 spiro atoms. The van der Waals surface area contributed by atoms with Gasteiger partial charge in [-0.2, -0.15) is 0 Å². The molecule has 1 atom stereocenters. The number of rotatable bonds is 9. The van der Waals surface area contributed by atoms with Gasteiger partial charge in [-0.25, -0.2) is 0 Å². The highest BCUT2D eigenvalue weighted by Gasteiger charge is 2.34. The van der Waals surface area contributed by atoms with Crippen molar-refractivity contribution in [3.8, 4) is 0 Å². The van der Waals surface area contributed by atoms with E-state index in [9.17, 15) is 5.11 Å². The normalized spacial score (nSPS) is 24.4. The molecule has 0 bridgehead atoms. The largest absolute Gasteiger partial charge is 0.394 e. The number of aliphatic hydroxyl groups is 1. The van der Waals surface area contributed by atoms with Crippen molar-refractivity contribution >= 4 is 0 Å². The van der Waals surface area contributed by atoms with E-state index < -0.39 is 0 Å². The van der Waals surface area contributed by atoms with Crippen molar-refractivity contribution < 1.29 is 5.11 Å². The molecule has 0 aromatic rings. The quantitative estimate of drug-likeness (QED) is 0.679. The van der Waals surface area contributed by atoms with Gasteiger partial charge < -0.3 is 20.2 Å². The summed E-state index contributed by atoms with van der Waals surface area (Å²) >= 11 is 0. The molecule has 0 amide bonds. The molecular weight excluding hydrogens is 262 g/mol. The number of nitrogens with one attached hydrogen (secondary N) is 1. The lowest BCUT2D eigenvalue weighted by molar-refractivity contribution is 0.120. The Morgan fingerprint density at radius 3 is 2.43 bits per heavy atom. The van der Waals surface area contributed by atoms with E-state index in [-0.39, 0.29) is 12.1 Å². The van der Waals surface area contributed by atoms with E-state index in [0.29, 0.717) is 6.04 Å². The molecule has 0 radical (unpaired) electrons. The summed E-state index contributed by atoms with van der Waals surface area (Å²) in [5.74, 6) is 0. The second kappa shape index (κ2) is 7.91. The first-order chi connectivity index (χ1) is 10.1. The molecule has 1 saturated carbocycles. The molecule has 1 unspecified atom stereocenters. The van der Waals surface area contributed by atoms with Gasteiger partial charge in [-0.05, 0) is 78.7 Å². The third-order valence-electron chi connectivity index (χ3n) is 5.54. The number of hydrogen-bond donors (Lipinski definition) is 2. The van der Waals surface area contributed by atoms with Crippen molar-refractivity contribution in [2.45, 2.75) is 69.5 Å². The fourth-order valence-corrected chi connectivity index (χ4v) is 3.53. The molecule has 124 valence electrons. The number of likely N-dealkylation sites (tertiary alicyclic amines) is 1. The Balaban J connectivity index is 1.70. The van der Waals surface area contributed by atoms with Crippen LogP contribution >= 0.6 is 0 Å². The van der Waals surface area contributed by atoms with Crippen molar-refractivity contribution in [2.75, 3.05) is 40.3 Å². The van der Waals surface area contributed by atoms with Crippen molar-refractivity contribution in [3.05, 3.63) is 0 Å². The van der Waals surface area contributed by atoms with E-state index in [4.69, 9.17) is 0 Å². The van der Waals surface area contributed by atoms with Crippen LogP contribution in [-0.2, 0) is 0 Å². The van der Waals surface area contributed by atoms with E-state index in [1.165, 1.54) is 45.2 Å². The highest BCUT2D eigenvalue weighted by atomic mass is 16.3. The molecule has 1 aliphatic heterocycles. The molecule has 1 saturated heterocycles. The van der Waals surface area contributed by atoms with Gasteiger partial charge in [-0.15, -0.1) is 0 Å². The van der Waals surface area contributed by atoms with Crippen LogP contribution in [0.4, 0.5) is 0 Å². The molecule has 4 nitrogen and oxygen atoms in total. The predicted octanol–water partition coefficient (Wildman–Crippen LogP) is 1.69. The minimum absolute atomic E-state index is 0.0329. The van der Waals surface area contributed by atoms with Crippen LogP contribution < -0.4 is 5.32 Å². The lowest BCUT2D eigenvalue weighted by atomic mass is 9.90. The Morgan fingerprint density at radius 1 is 1.24 bits per heavy atom. The summed E-state index contributed by atoms with van der Waals surface area (Å²) in [5, 5.41) is 13.5.